The Kier molecular flexibility index (Phi) is 4.56. The van der Waals surface area contributed by atoms with Gasteiger partial charge >= 0.3 is 0 Å². The molecule has 0 aliphatic heterocycles. The summed E-state index contributed by atoms with van der Waals surface area (Å²) in [5.74, 6) is 1.45. The molecular formula is C15H13BrN2O. The first-order valence-electron chi connectivity index (χ1n) is 5.89. The summed E-state index contributed by atoms with van der Waals surface area (Å²) >= 11 is 3.34. The highest BCUT2D eigenvalue weighted by molar-refractivity contribution is 9.10. The molecule has 0 bridgehead atoms. The van der Waals surface area contributed by atoms with Crippen molar-refractivity contribution in [3.05, 3.63) is 58.1 Å². The zero-order valence-electron chi connectivity index (χ0n) is 10.3. The molecule has 19 heavy (non-hydrogen) atoms. The Morgan fingerprint density at radius 1 is 1.11 bits per heavy atom. The number of nitrogens with two attached hydrogens (primary N) is 1. The summed E-state index contributed by atoms with van der Waals surface area (Å²) in [4.78, 5) is 0. The number of nitriles is 1. The molecule has 3 nitrogen and oxygen atoms in total. The Hall–Kier alpha value is -1.83. The molecule has 0 fully saturated rings. The zero-order chi connectivity index (χ0) is 13.7. The van der Waals surface area contributed by atoms with Crippen LogP contribution in [0.4, 0.5) is 0 Å². The van der Waals surface area contributed by atoms with Gasteiger partial charge in [-0.3, -0.25) is 0 Å². The summed E-state index contributed by atoms with van der Waals surface area (Å²) < 4.78 is 6.45. The van der Waals surface area contributed by atoms with Gasteiger partial charge in [-0.25, -0.2) is 0 Å². The highest BCUT2D eigenvalue weighted by Crippen LogP contribution is 2.27. The summed E-state index contributed by atoms with van der Waals surface area (Å²) in [5.41, 5.74) is 7.28. The average molecular weight is 317 g/mol. The van der Waals surface area contributed by atoms with Crippen LogP contribution in [0.5, 0.6) is 11.5 Å². The topological polar surface area (TPSA) is 59.0 Å². The largest absolute Gasteiger partial charge is 0.457 e. The van der Waals surface area contributed by atoms with Gasteiger partial charge in [-0.1, -0.05) is 12.1 Å². The monoisotopic (exact) mass is 316 g/mol. The van der Waals surface area contributed by atoms with E-state index in [0.717, 1.165) is 16.6 Å². The average Bonchev–Trinajstić information content (AvgIpc) is 2.42. The second-order valence-electron chi connectivity index (χ2n) is 4.04. The maximum absolute atomic E-state index is 8.85. The third-order valence-corrected chi connectivity index (χ3v) is 3.31. The van der Waals surface area contributed by atoms with E-state index in [9.17, 15) is 0 Å². The molecule has 2 aromatic rings. The molecule has 0 aliphatic rings. The van der Waals surface area contributed by atoms with Gasteiger partial charge in [-0.05, 0) is 64.8 Å². The van der Waals surface area contributed by atoms with E-state index in [1.165, 1.54) is 5.56 Å². The fourth-order valence-electron chi connectivity index (χ4n) is 1.68. The zero-order valence-corrected chi connectivity index (χ0v) is 11.9. The molecule has 0 saturated heterocycles. The van der Waals surface area contributed by atoms with Gasteiger partial charge in [0.2, 0.25) is 0 Å². The van der Waals surface area contributed by atoms with Crippen LogP contribution in [0, 0.1) is 11.3 Å². The predicted octanol–water partition coefficient (Wildman–Crippen LogP) is 3.61. The van der Waals surface area contributed by atoms with Gasteiger partial charge in [0.1, 0.15) is 17.6 Å². The van der Waals surface area contributed by atoms with E-state index >= 15 is 0 Å². The standard InChI is InChI=1S/C15H13BrN2O/c16-15-9-14(6-3-12(15)10-18)19-13-4-1-11(2-5-13)7-8-17/h1-6,9H,7-8,17H2. The Morgan fingerprint density at radius 3 is 2.37 bits per heavy atom. The molecule has 0 aliphatic carbocycles. The van der Waals surface area contributed by atoms with Crippen molar-refractivity contribution in [2.75, 3.05) is 6.54 Å². The van der Waals surface area contributed by atoms with Crippen LogP contribution in [0.2, 0.25) is 0 Å². The van der Waals surface area contributed by atoms with Gasteiger partial charge in [-0.15, -0.1) is 0 Å². The van der Waals surface area contributed by atoms with E-state index in [-0.39, 0.29) is 0 Å². The van der Waals surface area contributed by atoms with E-state index in [1.807, 2.05) is 24.3 Å². The number of hydrogen-bond acceptors (Lipinski definition) is 3. The van der Waals surface area contributed by atoms with Crippen LogP contribution in [0.3, 0.4) is 0 Å². The maximum atomic E-state index is 8.85. The number of rotatable bonds is 4. The van der Waals surface area contributed by atoms with Crippen molar-refractivity contribution in [2.45, 2.75) is 6.42 Å². The number of nitrogens with zero attached hydrogens (tertiary/aromatic N) is 1. The van der Waals surface area contributed by atoms with Gasteiger partial charge in [-0.2, -0.15) is 5.26 Å². The van der Waals surface area contributed by atoms with Crippen LogP contribution in [0.25, 0.3) is 0 Å². The van der Waals surface area contributed by atoms with Crippen LogP contribution in [0.1, 0.15) is 11.1 Å². The van der Waals surface area contributed by atoms with Crippen LogP contribution in [0.15, 0.2) is 46.9 Å². The number of hydrogen-bond donors (Lipinski definition) is 1. The summed E-state index contributed by atoms with van der Waals surface area (Å²) in [6, 6.07) is 15.2. The molecule has 4 heteroatoms. The summed E-state index contributed by atoms with van der Waals surface area (Å²) in [6.45, 7) is 0.642. The fraction of sp³-hybridized carbons (Fsp3) is 0.133. The minimum absolute atomic E-state index is 0.589. The normalized spacial score (nSPS) is 9.95. The van der Waals surface area contributed by atoms with E-state index in [2.05, 4.69) is 22.0 Å². The van der Waals surface area contributed by atoms with Crippen LogP contribution < -0.4 is 10.5 Å². The minimum atomic E-state index is 0.589. The smallest absolute Gasteiger partial charge is 0.128 e. The Labute approximate surface area is 120 Å². The lowest BCUT2D eigenvalue weighted by molar-refractivity contribution is 0.482. The lowest BCUT2D eigenvalue weighted by atomic mass is 10.1. The highest BCUT2D eigenvalue weighted by atomic mass is 79.9. The van der Waals surface area contributed by atoms with E-state index in [4.69, 9.17) is 15.7 Å². The van der Waals surface area contributed by atoms with Gasteiger partial charge < -0.3 is 10.5 Å². The molecule has 0 aromatic heterocycles. The molecule has 2 aromatic carbocycles. The van der Waals surface area contributed by atoms with Gasteiger partial charge in [0.05, 0.1) is 5.56 Å². The van der Waals surface area contributed by atoms with Crippen molar-refractivity contribution in [2.24, 2.45) is 5.73 Å². The second kappa shape index (κ2) is 6.37. The van der Waals surface area contributed by atoms with Crippen molar-refractivity contribution >= 4 is 15.9 Å². The molecule has 0 spiro atoms. The van der Waals surface area contributed by atoms with Gasteiger partial charge in [0.25, 0.3) is 0 Å². The Bertz CT molecular complexity index is 603. The molecule has 0 saturated carbocycles. The van der Waals surface area contributed by atoms with Crippen LogP contribution >= 0.6 is 15.9 Å². The maximum Gasteiger partial charge on any atom is 0.128 e. The lowest BCUT2D eigenvalue weighted by Crippen LogP contribution is -2.02. The molecule has 2 N–H and O–H groups in total. The summed E-state index contributed by atoms with van der Waals surface area (Å²) in [6.07, 6.45) is 0.864. The van der Waals surface area contributed by atoms with E-state index in [0.29, 0.717) is 17.9 Å². The fourth-order valence-corrected chi connectivity index (χ4v) is 2.12. The minimum Gasteiger partial charge on any atom is -0.457 e. The first-order chi connectivity index (χ1) is 9.22. The first-order valence-corrected chi connectivity index (χ1v) is 6.69. The molecule has 0 unspecified atom stereocenters. The SMILES string of the molecule is N#Cc1ccc(Oc2ccc(CCN)cc2)cc1Br. The van der Waals surface area contributed by atoms with Crippen molar-refractivity contribution < 1.29 is 4.74 Å². The third kappa shape index (κ3) is 3.57. The van der Waals surface area contributed by atoms with Crippen LogP contribution in [-0.2, 0) is 6.42 Å². The quantitative estimate of drug-likeness (QED) is 0.937. The van der Waals surface area contributed by atoms with E-state index in [1.54, 1.807) is 18.2 Å². The van der Waals surface area contributed by atoms with Gasteiger partial charge in [0.15, 0.2) is 0 Å². The Balaban J connectivity index is 2.13. The molecule has 0 amide bonds. The van der Waals surface area contributed by atoms with Crippen molar-refractivity contribution in [1.29, 1.82) is 5.26 Å². The second-order valence-corrected chi connectivity index (χ2v) is 4.89. The van der Waals surface area contributed by atoms with Gasteiger partial charge in [0, 0.05) is 4.47 Å². The molecule has 0 atom stereocenters. The molecular weight excluding hydrogens is 304 g/mol. The number of benzene rings is 2. The Morgan fingerprint density at radius 2 is 1.79 bits per heavy atom. The molecule has 0 radical (unpaired) electrons. The number of ether oxygens (including phenoxy) is 1. The lowest BCUT2D eigenvalue weighted by Gasteiger charge is -2.07. The predicted molar refractivity (Wildman–Crippen MR) is 78.1 cm³/mol. The third-order valence-electron chi connectivity index (χ3n) is 2.65. The molecule has 2 rings (SSSR count). The number of halogens is 1. The molecule has 96 valence electrons. The van der Waals surface area contributed by atoms with Crippen LogP contribution in [-0.4, -0.2) is 6.54 Å². The van der Waals surface area contributed by atoms with Crippen molar-refractivity contribution in [3.8, 4) is 17.6 Å². The van der Waals surface area contributed by atoms with Crippen molar-refractivity contribution in [3.63, 3.8) is 0 Å². The summed E-state index contributed by atoms with van der Waals surface area (Å²) in [5, 5.41) is 8.85. The first kappa shape index (κ1) is 13.6. The van der Waals surface area contributed by atoms with E-state index < -0.39 is 0 Å². The van der Waals surface area contributed by atoms with Crippen molar-refractivity contribution in [1.82, 2.24) is 0 Å². The summed E-state index contributed by atoms with van der Waals surface area (Å²) in [7, 11) is 0. The molecule has 0 heterocycles. The highest BCUT2D eigenvalue weighted by Gasteiger charge is 2.03.